The molecule has 1 unspecified atom stereocenters. The topological polar surface area (TPSA) is 35.8 Å². The molecule has 3 rings (SSSR count). The fourth-order valence-electron chi connectivity index (χ4n) is 2.83. The Morgan fingerprint density at radius 2 is 1.89 bits per heavy atom. The van der Waals surface area contributed by atoms with Gasteiger partial charge >= 0.3 is 0 Å². The van der Waals surface area contributed by atoms with E-state index in [-0.39, 0.29) is 11.5 Å². The predicted molar refractivity (Wildman–Crippen MR) is 73.0 cm³/mol. The molecular formula is C16H16N2. The zero-order valence-electron chi connectivity index (χ0n) is 10.5. The van der Waals surface area contributed by atoms with Crippen molar-refractivity contribution in [1.29, 1.82) is 5.26 Å². The highest BCUT2D eigenvalue weighted by atomic mass is 14.9. The number of nitrogens with one attached hydrogen (secondary N) is 1. The molecular weight excluding hydrogens is 220 g/mol. The molecule has 1 aliphatic rings. The van der Waals surface area contributed by atoms with E-state index in [1.807, 2.05) is 7.05 Å². The van der Waals surface area contributed by atoms with Crippen molar-refractivity contribution < 1.29 is 0 Å². The number of nitrogens with zero attached hydrogens (tertiary/aromatic N) is 1. The molecule has 1 fully saturated rings. The molecule has 0 spiro atoms. The summed E-state index contributed by atoms with van der Waals surface area (Å²) in [5.74, 6) is 0. The van der Waals surface area contributed by atoms with Crippen LogP contribution in [0, 0.1) is 16.7 Å². The first-order valence-corrected chi connectivity index (χ1v) is 6.37. The van der Waals surface area contributed by atoms with Crippen molar-refractivity contribution in [3.8, 4) is 6.07 Å². The van der Waals surface area contributed by atoms with Gasteiger partial charge in [-0.1, -0.05) is 42.5 Å². The zero-order chi connectivity index (χ0) is 12.6. The molecule has 0 aliphatic heterocycles. The molecule has 0 aromatic heterocycles. The zero-order valence-corrected chi connectivity index (χ0v) is 10.5. The van der Waals surface area contributed by atoms with Crippen LogP contribution in [0.5, 0.6) is 0 Å². The van der Waals surface area contributed by atoms with Crippen molar-refractivity contribution in [2.75, 3.05) is 7.05 Å². The van der Waals surface area contributed by atoms with Crippen LogP contribution in [-0.2, 0) is 0 Å². The largest absolute Gasteiger partial charge is 0.312 e. The Hall–Kier alpha value is -1.85. The molecule has 90 valence electrons. The van der Waals surface area contributed by atoms with E-state index in [0.29, 0.717) is 0 Å². The third-order valence-corrected chi connectivity index (χ3v) is 3.99. The van der Waals surface area contributed by atoms with Crippen LogP contribution in [0.4, 0.5) is 0 Å². The lowest BCUT2D eigenvalue weighted by atomic mass is 9.88. The number of hydrogen-bond acceptors (Lipinski definition) is 2. The minimum absolute atomic E-state index is 0.133. The SMILES string of the molecule is CNC(c1cccc2ccccc12)C1(C#N)CC1. The first-order chi connectivity index (χ1) is 8.80. The van der Waals surface area contributed by atoms with Gasteiger partial charge in [-0.05, 0) is 36.2 Å². The number of fused-ring (bicyclic) bond motifs is 1. The minimum atomic E-state index is -0.196. The molecule has 2 aromatic rings. The Morgan fingerprint density at radius 1 is 1.17 bits per heavy atom. The molecule has 1 atom stereocenters. The molecule has 0 amide bonds. The van der Waals surface area contributed by atoms with E-state index in [4.69, 9.17) is 0 Å². The van der Waals surface area contributed by atoms with Gasteiger partial charge < -0.3 is 5.32 Å². The van der Waals surface area contributed by atoms with Crippen molar-refractivity contribution in [2.45, 2.75) is 18.9 Å². The number of rotatable bonds is 3. The molecule has 0 radical (unpaired) electrons. The Balaban J connectivity index is 2.16. The van der Waals surface area contributed by atoms with Crippen LogP contribution >= 0.6 is 0 Å². The average Bonchev–Trinajstić information content (AvgIpc) is 3.21. The molecule has 2 nitrogen and oxygen atoms in total. The van der Waals surface area contributed by atoms with Gasteiger partial charge in [0.15, 0.2) is 0 Å². The van der Waals surface area contributed by atoms with Gasteiger partial charge in [-0.15, -0.1) is 0 Å². The van der Waals surface area contributed by atoms with Gasteiger partial charge in [-0.2, -0.15) is 5.26 Å². The maximum Gasteiger partial charge on any atom is 0.0769 e. The number of nitriles is 1. The summed E-state index contributed by atoms with van der Waals surface area (Å²) in [5, 5.41) is 15.2. The van der Waals surface area contributed by atoms with Crippen LogP contribution < -0.4 is 5.32 Å². The maximum absolute atomic E-state index is 9.40. The van der Waals surface area contributed by atoms with Gasteiger partial charge in [0.1, 0.15) is 0 Å². The van der Waals surface area contributed by atoms with E-state index in [1.54, 1.807) is 0 Å². The standard InChI is InChI=1S/C16H16N2/c1-18-15(16(11-17)9-10-16)14-8-4-6-12-5-2-3-7-13(12)14/h2-8,15,18H,9-10H2,1H3. The van der Waals surface area contributed by atoms with Gasteiger partial charge in [0, 0.05) is 0 Å². The van der Waals surface area contributed by atoms with Crippen molar-refractivity contribution in [1.82, 2.24) is 5.32 Å². The van der Waals surface area contributed by atoms with E-state index in [2.05, 4.69) is 53.9 Å². The van der Waals surface area contributed by atoms with Gasteiger partial charge in [-0.3, -0.25) is 0 Å². The van der Waals surface area contributed by atoms with E-state index in [0.717, 1.165) is 12.8 Å². The summed E-state index contributed by atoms with van der Waals surface area (Å²) in [7, 11) is 1.95. The molecule has 2 aromatic carbocycles. The molecule has 1 saturated carbocycles. The smallest absolute Gasteiger partial charge is 0.0769 e. The lowest BCUT2D eigenvalue weighted by Crippen LogP contribution is -2.25. The third kappa shape index (κ3) is 1.60. The van der Waals surface area contributed by atoms with Crippen molar-refractivity contribution in [3.05, 3.63) is 48.0 Å². The third-order valence-electron chi connectivity index (χ3n) is 3.99. The molecule has 1 N–H and O–H groups in total. The first kappa shape index (κ1) is 11.3. The quantitative estimate of drug-likeness (QED) is 0.886. The molecule has 0 heterocycles. The van der Waals surface area contributed by atoms with Crippen LogP contribution in [-0.4, -0.2) is 7.05 Å². The highest BCUT2D eigenvalue weighted by Crippen LogP contribution is 2.55. The highest BCUT2D eigenvalue weighted by Gasteiger charge is 2.50. The summed E-state index contributed by atoms with van der Waals surface area (Å²) in [5.41, 5.74) is 1.05. The highest BCUT2D eigenvalue weighted by molar-refractivity contribution is 5.86. The van der Waals surface area contributed by atoms with E-state index in [1.165, 1.54) is 16.3 Å². The summed E-state index contributed by atoms with van der Waals surface area (Å²) in [6.07, 6.45) is 2.00. The van der Waals surface area contributed by atoms with Crippen LogP contribution in [0.25, 0.3) is 10.8 Å². The summed E-state index contributed by atoms with van der Waals surface area (Å²) in [6, 6.07) is 17.4. The Labute approximate surface area is 107 Å². The molecule has 18 heavy (non-hydrogen) atoms. The van der Waals surface area contributed by atoms with Crippen molar-refractivity contribution >= 4 is 10.8 Å². The van der Waals surface area contributed by atoms with E-state index < -0.39 is 0 Å². The lowest BCUT2D eigenvalue weighted by Gasteiger charge is -2.23. The summed E-state index contributed by atoms with van der Waals surface area (Å²) in [6.45, 7) is 0. The Morgan fingerprint density at radius 3 is 2.56 bits per heavy atom. The van der Waals surface area contributed by atoms with Crippen LogP contribution in [0.15, 0.2) is 42.5 Å². The summed E-state index contributed by atoms with van der Waals surface area (Å²) >= 11 is 0. The second-order valence-electron chi connectivity index (χ2n) is 5.06. The monoisotopic (exact) mass is 236 g/mol. The number of hydrogen-bond donors (Lipinski definition) is 1. The maximum atomic E-state index is 9.40. The van der Waals surface area contributed by atoms with Crippen LogP contribution in [0.2, 0.25) is 0 Å². The summed E-state index contributed by atoms with van der Waals surface area (Å²) < 4.78 is 0. The van der Waals surface area contributed by atoms with E-state index >= 15 is 0 Å². The second-order valence-corrected chi connectivity index (χ2v) is 5.06. The Bertz CT molecular complexity index is 615. The van der Waals surface area contributed by atoms with Crippen LogP contribution in [0.3, 0.4) is 0 Å². The van der Waals surface area contributed by atoms with Gasteiger partial charge in [-0.25, -0.2) is 0 Å². The fourth-order valence-corrected chi connectivity index (χ4v) is 2.83. The van der Waals surface area contributed by atoms with Crippen molar-refractivity contribution in [2.24, 2.45) is 5.41 Å². The molecule has 0 bridgehead atoms. The van der Waals surface area contributed by atoms with Gasteiger partial charge in [0.25, 0.3) is 0 Å². The molecule has 0 saturated heterocycles. The van der Waals surface area contributed by atoms with E-state index in [9.17, 15) is 5.26 Å². The Kier molecular flexibility index (Phi) is 2.57. The predicted octanol–water partition coefficient (Wildman–Crippen LogP) is 3.40. The second kappa shape index (κ2) is 4.12. The molecule has 2 heteroatoms. The van der Waals surface area contributed by atoms with Gasteiger partial charge in [0.2, 0.25) is 0 Å². The van der Waals surface area contributed by atoms with Crippen molar-refractivity contribution in [3.63, 3.8) is 0 Å². The molecule has 1 aliphatic carbocycles. The summed E-state index contributed by atoms with van der Waals surface area (Å²) in [4.78, 5) is 0. The average molecular weight is 236 g/mol. The van der Waals surface area contributed by atoms with Gasteiger partial charge in [0.05, 0.1) is 17.5 Å². The lowest BCUT2D eigenvalue weighted by molar-refractivity contribution is 0.447. The fraction of sp³-hybridized carbons (Fsp3) is 0.312. The number of benzene rings is 2. The first-order valence-electron chi connectivity index (χ1n) is 6.37. The minimum Gasteiger partial charge on any atom is -0.312 e. The van der Waals surface area contributed by atoms with Crippen LogP contribution in [0.1, 0.15) is 24.4 Å². The normalized spacial score (nSPS) is 18.2.